The van der Waals surface area contributed by atoms with Crippen LogP contribution in [0, 0.1) is 0 Å². The zero-order valence-corrected chi connectivity index (χ0v) is 7.50. The van der Waals surface area contributed by atoms with Crippen molar-refractivity contribution < 1.29 is 5.11 Å². The van der Waals surface area contributed by atoms with Crippen LogP contribution in [0.1, 0.15) is 18.1 Å². The highest BCUT2D eigenvalue weighted by Crippen LogP contribution is 2.22. The standard InChI is InChI=1S/C6H10BrN3O/c7-6-4(3-9-10-6)5(11)1-2-8/h3,5,11H,1-2,8H2,(H,9,10). The van der Waals surface area contributed by atoms with Crippen molar-refractivity contribution in [2.45, 2.75) is 12.5 Å². The first-order chi connectivity index (χ1) is 5.25. The average Bonchev–Trinajstić information content (AvgIpc) is 2.36. The molecule has 62 valence electrons. The fourth-order valence-corrected chi connectivity index (χ4v) is 1.29. The molecule has 0 aliphatic carbocycles. The van der Waals surface area contributed by atoms with Crippen LogP contribution in [0.3, 0.4) is 0 Å². The number of nitrogens with zero attached hydrogens (tertiary/aromatic N) is 1. The van der Waals surface area contributed by atoms with Crippen LogP contribution in [0.15, 0.2) is 10.8 Å². The molecular formula is C6H10BrN3O. The van der Waals surface area contributed by atoms with E-state index in [4.69, 9.17) is 5.73 Å². The molecule has 1 rings (SSSR count). The van der Waals surface area contributed by atoms with Gasteiger partial charge in [-0.2, -0.15) is 5.10 Å². The number of nitrogens with one attached hydrogen (secondary N) is 1. The van der Waals surface area contributed by atoms with Gasteiger partial charge in [0.2, 0.25) is 0 Å². The van der Waals surface area contributed by atoms with Crippen molar-refractivity contribution in [1.82, 2.24) is 10.2 Å². The fraction of sp³-hybridized carbons (Fsp3) is 0.500. The molecule has 1 aromatic heterocycles. The van der Waals surface area contributed by atoms with Crippen LogP contribution < -0.4 is 5.73 Å². The maximum absolute atomic E-state index is 9.42. The van der Waals surface area contributed by atoms with E-state index in [0.717, 1.165) is 10.2 Å². The van der Waals surface area contributed by atoms with Crippen molar-refractivity contribution in [3.8, 4) is 0 Å². The molecule has 0 spiro atoms. The molecule has 0 saturated carbocycles. The molecule has 1 aromatic rings. The summed E-state index contributed by atoms with van der Waals surface area (Å²) in [7, 11) is 0. The van der Waals surface area contributed by atoms with Gasteiger partial charge in [0.1, 0.15) is 4.60 Å². The van der Waals surface area contributed by atoms with E-state index >= 15 is 0 Å². The minimum absolute atomic E-state index is 0.471. The number of hydrogen-bond acceptors (Lipinski definition) is 3. The van der Waals surface area contributed by atoms with Crippen molar-refractivity contribution in [2.75, 3.05) is 6.54 Å². The van der Waals surface area contributed by atoms with Gasteiger partial charge in [-0.05, 0) is 28.9 Å². The lowest BCUT2D eigenvalue weighted by Gasteiger charge is -2.05. The molecule has 11 heavy (non-hydrogen) atoms. The molecule has 1 heterocycles. The molecule has 0 bridgehead atoms. The van der Waals surface area contributed by atoms with Crippen LogP contribution in [0.2, 0.25) is 0 Å². The van der Waals surface area contributed by atoms with Crippen LogP contribution in [0.5, 0.6) is 0 Å². The van der Waals surface area contributed by atoms with Gasteiger partial charge in [0.05, 0.1) is 12.3 Å². The third-order valence-electron chi connectivity index (χ3n) is 1.42. The number of hydrogen-bond donors (Lipinski definition) is 3. The van der Waals surface area contributed by atoms with Gasteiger partial charge in [-0.1, -0.05) is 0 Å². The third kappa shape index (κ3) is 2.02. The lowest BCUT2D eigenvalue weighted by molar-refractivity contribution is 0.169. The van der Waals surface area contributed by atoms with Gasteiger partial charge < -0.3 is 10.8 Å². The quantitative estimate of drug-likeness (QED) is 0.696. The van der Waals surface area contributed by atoms with Gasteiger partial charge in [-0.25, -0.2) is 0 Å². The second kappa shape index (κ2) is 3.85. The maximum Gasteiger partial charge on any atom is 0.106 e. The Bertz CT molecular complexity index is 225. The second-order valence-electron chi connectivity index (χ2n) is 2.23. The molecule has 0 fully saturated rings. The molecule has 0 saturated heterocycles. The van der Waals surface area contributed by atoms with Crippen LogP contribution in [0.4, 0.5) is 0 Å². The predicted octanol–water partition coefficient (Wildman–Crippen LogP) is 0.554. The number of aliphatic hydroxyl groups excluding tert-OH is 1. The van der Waals surface area contributed by atoms with Crippen molar-refractivity contribution in [1.29, 1.82) is 0 Å². The average molecular weight is 220 g/mol. The van der Waals surface area contributed by atoms with E-state index in [0.29, 0.717) is 13.0 Å². The molecule has 1 atom stereocenters. The Morgan fingerprint density at radius 2 is 2.55 bits per heavy atom. The van der Waals surface area contributed by atoms with E-state index in [-0.39, 0.29) is 0 Å². The summed E-state index contributed by atoms with van der Waals surface area (Å²) in [5, 5.41) is 15.8. The molecule has 5 heteroatoms. The van der Waals surface area contributed by atoms with Crippen LogP contribution in [0.25, 0.3) is 0 Å². The zero-order chi connectivity index (χ0) is 8.27. The highest BCUT2D eigenvalue weighted by atomic mass is 79.9. The predicted molar refractivity (Wildman–Crippen MR) is 44.9 cm³/mol. The van der Waals surface area contributed by atoms with Gasteiger partial charge >= 0.3 is 0 Å². The van der Waals surface area contributed by atoms with Gasteiger partial charge in [-0.3, -0.25) is 5.10 Å². The molecular weight excluding hydrogens is 210 g/mol. The van der Waals surface area contributed by atoms with Gasteiger partial charge in [0.25, 0.3) is 0 Å². The number of aliphatic hydroxyl groups is 1. The van der Waals surface area contributed by atoms with E-state index in [1.165, 1.54) is 0 Å². The first kappa shape index (κ1) is 8.70. The summed E-state index contributed by atoms with van der Waals surface area (Å²) in [5.41, 5.74) is 6.04. The molecule has 0 aliphatic rings. The summed E-state index contributed by atoms with van der Waals surface area (Å²) in [6.07, 6.45) is 1.62. The Morgan fingerprint density at radius 3 is 3.00 bits per heavy atom. The lowest BCUT2D eigenvalue weighted by Crippen LogP contribution is -2.06. The normalized spacial score (nSPS) is 13.4. The molecule has 0 radical (unpaired) electrons. The fourth-order valence-electron chi connectivity index (χ4n) is 0.825. The summed E-state index contributed by atoms with van der Waals surface area (Å²) < 4.78 is 0.721. The van der Waals surface area contributed by atoms with Gasteiger partial charge in [0, 0.05) is 5.56 Å². The Kier molecular flexibility index (Phi) is 3.04. The molecule has 4 nitrogen and oxygen atoms in total. The van der Waals surface area contributed by atoms with Crippen molar-refractivity contribution in [3.63, 3.8) is 0 Å². The van der Waals surface area contributed by atoms with E-state index in [2.05, 4.69) is 26.1 Å². The summed E-state index contributed by atoms with van der Waals surface area (Å²) in [6.45, 7) is 0.471. The smallest absolute Gasteiger partial charge is 0.106 e. The summed E-state index contributed by atoms with van der Waals surface area (Å²) in [4.78, 5) is 0. The van der Waals surface area contributed by atoms with Crippen LogP contribution >= 0.6 is 15.9 Å². The van der Waals surface area contributed by atoms with Crippen LogP contribution in [-0.4, -0.2) is 21.8 Å². The molecule has 0 aromatic carbocycles. The molecule has 0 aliphatic heterocycles. The Hall–Kier alpha value is -0.390. The monoisotopic (exact) mass is 219 g/mol. The molecule has 4 N–H and O–H groups in total. The third-order valence-corrected chi connectivity index (χ3v) is 2.05. The minimum atomic E-state index is -0.520. The van der Waals surface area contributed by atoms with E-state index < -0.39 is 6.10 Å². The van der Waals surface area contributed by atoms with Crippen molar-refractivity contribution in [2.24, 2.45) is 5.73 Å². The maximum atomic E-state index is 9.42. The Balaban J connectivity index is 2.67. The summed E-state index contributed by atoms with van der Waals surface area (Å²) >= 11 is 3.22. The first-order valence-corrected chi connectivity index (χ1v) is 4.12. The number of aromatic amines is 1. The zero-order valence-electron chi connectivity index (χ0n) is 5.92. The largest absolute Gasteiger partial charge is 0.388 e. The van der Waals surface area contributed by atoms with E-state index in [9.17, 15) is 5.11 Å². The lowest BCUT2D eigenvalue weighted by atomic mass is 10.1. The Labute approximate surface area is 72.9 Å². The minimum Gasteiger partial charge on any atom is -0.388 e. The summed E-state index contributed by atoms with van der Waals surface area (Å²) in [6, 6.07) is 0. The van der Waals surface area contributed by atoms with Gasteiger partial charge in [0.15, 0.2) is 0 Å². The number of nitrogens with two attached hydrogens (primary N) is 1. The highest BCUT2D eigenvalue weighted by Gasteiger charge is 2.11. The van der Waals surface area contributed by atoms with Crippen molar-refractivity contribution >= 4 is 15.9 Å². The number of rotatable bonds is 3. The van der Waals surface area contributed by atoms with E-state index in [1.807, 2.05) is 0 Å². The molecule has 0 amide bonds. The first-order valence-electron chi connectivity index (χ1n) is 3.32. The molecule has 1 unspecified atom stereocenters. The van der Waals surface area contributed by atoms with Gasteiger partial charge in [-0.15, -0.1) is 0 Å². The summed E-state index contributed by atoms with van der Waals surface area (Å²) in [5.74, 6) is 0. The Morgan fingerprint density at radius 1 is 1.82 bits per heavy atom. The van der Waals surface area contributed by atoms with Crippen LogP contribution in [-0.2, 0) is 0 Å². The topological polar surface area (TPSA) is 74.9 Å². The second-order valence-corrected chi connectivity index (χ2v) is 3.03. The number of aromatic nitrogens is 2. The van der Waals surface area contributed by atoms with E-state index in [1.54, 1.807) is 6.20 Å². The number of H-pyrrole nitrogens is 1. The highest BCUT2D eigenvalue weighted by molar-refractivity contribution is 9.10. The number of halogens is 1. The van der Waals surface area contributed by atoms with Crippen molar-refractivity contribution in [3.05, 3.63) is 16.4 Å². The SMILES string of the molecule is NCCC(O)c1cn[nH]c1Br.